The Balaban J connectivity index is 1.62. The summed E-state index contributed by atoms with van der Waals surface area (Å²) >= 11 is 0. The summed E-state index contributed by atoms with van der Waals surface area (Å²) in [6.45, 7) is 2.50. The number of aromatic nitrogens is 1. The van der Waals surface area contributed by atoms with Gasteiger partial charge in [0, 0.05) is 49.7 Å². The molecule has 1 atom stereocenters. The van der Waals surface area contributed by atoms with E-state index in [2.05, 4.69) is 26.9 Å². The third-order valence-corrected chi connectivity index (χ3v) is 4.78. The van der Waals surface area contributed by atoms with Crippen LogP contribution >= 0.6 is 0 Å². The number of aromatic hydroxyl groups is 1. The number of oxazole rings is 1. The Labute approximate surface area is 151 Å². The third-order valence-electron chi connectivity index (χ3n) is 4.78. The van der Waals surface area contributed by atoms with Gasteiger partial charge in [0.05, 0.1) is 6.04 Å². The predicted octanol–water partition coefficient (Wildman–Crippen LogP) is 2.61. The molecule has 134 valence electrons. The summed E-state index contributed by atoms with van der Waals surface area (Å²) in [5.74, 6) is 0.458. The standard InChI is InChI=1S/C20H21N3O3/c24-18-8-4-7-16(11-18)23-10-9-22(15-5-2-1-3-6-15)14-17(23)12-19-13-21-20(25)26-19/h1-8,11,13,17,24H,9-10,12,14H2,(H,21,25). The van der Waals surface area contributed by atoms with Crippen molar-refractivity contribution >= 4 is 11.4 Å². The van der Waals surface area contributed by atoms with Gasteiger partial charge in [0.2, 0.25) is 0 Å². The monoisotopic (exact) mass is 351 g/mol. The van der Waals surface area contributed by atoms with Gasteiger partial charge < -0.3 is 19.3 Å². The SMILES string of the molecule is O=c1[nH]cc(CC2CN(c3ccccc3)CCN2c2cccc(O)c2)o1. The van der Waals surface area contributed by atoms with Gasteiger partial charge in [-0.1, -0.05) is 24.3 Å². The third kappa shape index (κ3) is 3.44. The van der Waals surface area contributed by atoms with Gasteiger partial charge in [0.1, 0.15) is 11.5 Å². The summed E-state index contributed by atoms with van der Waals surface area (Å²) < 4.78 is 5.23. The molecule has 1 aromatic heterocycles. The molecule has 0 spiro atoms. The highest BCUT2D eigenvalue weighted by Crippen LogP contribution is 2.27. The lowest BCUT2D eigenvalue weighted by Crippen LogP contribution is -2.54. The number of piperazine rings is 1. The molecule has 1 aliphatic heterocycles. The summed E-state index contributed by atoms with van der Waals surface area (Å²) in [7, 11) is 0. The number of hydrogen-bond donors (Lipinski definition) is 2. The first-order valence-electron chi connectivity index (χ1n) is 8.72. The average Bonchev–Trinajstić information content (AvgIpc) is 3.07. The van der Waals surface area contributed by atoms with Gasteiger partial charge in [0.25, 0.3) is 0 Å². The number of nitrogens with one attached hydrogen (secondary N) is 1. The van der Waals surface area contributed by atoms with Crippen LogP contribution in [0.2, 0.25) is 0 Å². The van der Waals surface area contributed by atoms with Crippen molar-refractivity contribution in [3.05, 3.63) is 77.1 Å². The van der Waals surface area contributed by atoms with Gasteiger partial charge in [-0.15, -0.1) is 0 Å². The van der Waals surface area contributed by atoms with E-state index >= 15 is 0 Å². The maximum absolute atomic E-state index is 11.3. The fourth-order valence-corrected chi connectivity index (χ4v) is 3.57. The van der Waals surface area contributed by atoms with Crippen LogP contribution in [0.15, 0.2) is 70.0 Å². The topological polar surface area (TPSA) is 72.7 Å². The van der Waals surface area contributed by atoms with Crippen LogP contribution in [0.1, 0.15) is 5.76 Å². The smallest absolute Gasteiger partial charge is 0.416 e. The quantitative estimate of drug-likeness (QED) is 0.756. The molecule has 2 heterocycles. The van der Waals surface area contributed by atoms with E-state index in [1.54, 1.807) is 18.3 Å². The first-order chi connectivity index (χ1) is 12.7. The van der Waals surface area contributed by atoms with Gasteiger partial charge in [-0.2, -0.15) is 0 Å². The van der Waals surface area contributed by atoms with Crippen molar-refractivity contribution in [1.29, 1.82) is 0 Å². The molecule has 3 aromatic rings. The molecule has 1 aliphatic rings. The number of anilines is 2. The number of benzene rings is 2. The molecular formula is C20H21N3O3. The Morgan fingerprint density at radius 3 is 2.62 bits per heavy atom. The molecule has 2 N–H and O–H groups in total. The average molecular weight is 351 g/mol. The highest BCUT2D eigenvalue weighted by molar-refractivity contribution is 5.55. The summed E-state index contributed by atoms with van der Waals surface area (Å²) in [5.41, 5.74) is 2.16. The van der Waals surface area contributed by atoms with Crippen LogP contribution in [0.4, 0.5) is 11.4 Å². The fourth-order valence-electron chi connectivity index (χ4n) is 3.57. The van der Waals surface area contributed by atoms with Crippen LogP contribution < -0.4 is 15.6 Å². The minimum absolute atomic E-state index is 0.115. The molecule has 1 unspecified atom stereocenters. The van der Waals surface area contributed by atoms with Crippen molar-refractivity contribution in [2.75, 3.05) is 29.4 Å². The molecule has 0 amide bonds. The van der Waals surface area contributed by atoms with Crippen molar-refractivity contribution in [3.8, 4) is 5.75 Å². The summed E-state index contributed by atoms with van der Waals surface area (Å²) in [4.78, 5) is 18.5. The Morgan fingerprint density at radius 1 is 1.08 bits per heavy atom. The second kappa shape index (κ2) is 7.00. The second-order valence-electron chi connectivity index (χ2n) is 6.50. The van der Waals surface area contributed by atoms with Gasteiger partial charge >= 0.3 is 5.76 Å². The van der Waals surface area contributed by atoms with E-state index in [9.17, 15) is 9.90 Å². The molecule has 0 saturated carbocycles. The number of para-hydroxylation sites is 1. The molecule has 4 rings (SSSR count). The van der Waals surface area contributed by atoms with E-state index in [4.69, 9.17) is 4.42 Å². The number of phenolic OH excluding ortho intramolecular Hbond substituents is 1. The lowest BCUT2D eigenvalue weighted by Gasteiger charge is -2.43. The molecule has 0 aliphatic carbocycles. The molecule has 26 heavy (non-hydrogen) atoms. The van der Waals surface area contributed by atoms with Crippen LogP contribution in [0, 0.1) is 0 Å². The van der Waals surface area contributed by atoms with Crippen LogP contribution in [-0.4, -0.2) is 35.8 Å². The Kier molecular flexibility index (Phi) is 4.39. The van der Waals surface area contributed by atoms with Crippen molar-refractivity contribution in [3.63, 3.8) is 0 Å². The predicted molar refractivity (Wildman–Crippen MR) is 101 cm³/mol. The molecule has 0 bridgehead atoms. The lowest BCUT2D eigenvalue weighted by atomic mass is 10.0. The normalized spacial score (nSPS) is 17.5. The van der Waals surface area contributed by atoms with Crippen LogP contribution in [-0.2, 0) is 6.42 Å². The highest BCUT2D eigenvalue weighted by atomic mass is 16.4. The Hall–Kier alpha value is -3.15. The molecule has 6 nitrogen and oxygen atoms in total. The van der Waals surface area contributed by atoms with Crippen molar-refractivity contribution in [2.24, 2.45) is 0 Å². The van der Waals surface area contributed by atoms with Gasteiger partial charge in [-0.25, -0.2) is 4.79 Å². The maximum Gasteiger partial charge on any atom is 0.416 e. The molecule has 2 aromatic carbocycles. The number of rotatable bonds is 4. The molecule has 6 heteroatoms. The molecule has 1 fully saturated rings. The zero-order chi connectivity index (χ0) is 17.9. The maximum atomic E-state index is 11.3. The van der Waals surface area contributed by atoms with Crippen LogP contribution in [0.3, 0.4) is 0 Å². The van der Waals surface area contributed by atoms with Crippen molar-refractivity contribution in [2.45, 2.75) is 12.5 Å². The van der Waals surface area contributed by atoms with E-state index in [0.29, 0.717) is 12.2 Å². The Morgan fingerprint density at radius 2 is 1.88 bits per heavy atom. The fraction of sp³-hybridized carbons (Fsp3) is 0.250. The van der Waals surface area contributed by atoms with E-state index < -0.39 is 5.76 Å². The molecular weight excluding hydrogens is 330 g/mol. The molecule has 0 radical (unpaired) electrons. The van der Waals surface area contributed by atoms with E-state index in [1.165, 1.54) is 5.69 Å². The second-order valence-corrected chi connectivity index (χ2v) is 6.50. The number of phenols is 1. The first-order valence-corrected chi connectivity index (χ1v) is 8.72. The largest absolute Gasteiger partial charge is 0.508 e. The lowest BCUT2D eigenvalue weighted by molar-refractivity contribution is 0.429. The summed E-state index contributed by atoms with van der Waals surface area (Å²) in [6, 6.07) is 17.7. The number of nitrogens with zero attached hydrogens (tertiary/aromatic N) is 2. The minimum Gasteiger partial charge on any atom is -0.508 e. The van der Waals surface area contributed by atoms with Crippen LogP contribution in [0.25, 0.3) is 0 Å². The van der Waals surface area contributed by atoms with Crippen LogP contribution in [0.5, 0.6) is 5.75 Å². The number of hydrogen-bond acceptors (Lipinski definition) is 5. The van der Waals surface area contributed by atoms with E-state index in [0.717, 1.165) is 25.3 Å². The summed E-state index contributed by atoms with van der Waals surface area (Å²) in [6.07, 6.45) is 2.24. The zero-order valence-corrected chi connectivity index (χ0v) is 14.3. The number of aromatic amines is 1. The zero-order valence-electron chi connectivity index (χ0n) is 14.3. The summed E-state index contributed by atoms with van der Waals surface area (Å²) in [5, 5.41) is 9.85. The molecule has 1 saturated heterocycles. The number of H-pyrrole nitrogens is 1. The Bertz CT molecular complexity index is 919. The van der Waals surface area contributed by atoms with E-state index in [-0.39, 0.29) is 11.8 Å². The van der Waals surface area contributed by atoms with E-state index in [1.807, 2.05) is 30.3 Å². The first kappa shape index (κ1) is 16.3. The van der Waals surface area contributed by atoms with Gasteiger partial charge in [-0.05, 0) is 24.3 Å². The minimum atomic E-state index is -0.431. The van der Waals surface area contributed by atoms with Gasteiger partial charge in [-0.3, -0.25) is 4.98 Å². The highest BCUT2D eigenvalue weighted by Gasteiger charge is 2.28. The van der Waals surface area contributed by atoms with Crippen molar-refractivity contribution < 1.29 is 9.52 Å². The van der Waals surface area contributed by atoms with Gasteiger partial charge in [0.15, 0.2) is 0 Å². The van der Waals surface area contributed by atoms with Crippen molar-refractivity contribution in [1.82, 2.24) is 4.98 Å².